The molecule has 0 amide bonds. The lowest BCUT2D eigenvalue weighted by Crippen LogP contribution is -2.20. The van der Waals surface area contributed by atoms with Crippen LogP contribution in [0.1, 0.15) is 43.4 Å². The van der Waals surface area contributed by atoms with Gasteiger partial charge >= 0.3 is 0 Å². The molecule has 124 valence electrons. The molecule has 3 aromatic heterocycles. The smallest absolute Gasteiger partial charge is 0.225 e. The van der Waals surface area contributed by atoms with Crippen LogP contribution in [0.2, 0.25) is 0 Å². The molecule has 1 fully saturated rings. The first kappa shape index (κ1) is 14.9. The second-order valence-electron chi connectivity index (χ2n) is 6.31. The monoisotopic (exact) mass is 323 g/mol. The number of fused-ring (bicyclic) bond motifs is 1. The quantitative estimate of drug-likeness (QED) is 0.797. The summed E-state index contributed by atoms with van der Waals surface area (Å²) in [6, 6.07) is 1.93. The van der Waals surface area contributed by atoms with E-state index in [2.05, 4.69) is 20.3 Å². The third-order valence-corrected chi connectivity index (χ3v) is 4.46. The Balaban J connectivity index is 1.64. The summed E-state index contributed by atoms with van der Waals surface area (Å²) in [7, 11) is 1.90. The van der Waals surface area contributed by atoms with Crippen molar-refractivity contribution in [3.63, 3.8) is 0 Å². The topological polar surface area (TPSA) is 68.6 Å². The first-order chi connectivity index (χ1) is 11.8. The van der Waals surface area contributed by atoms with E-state index in [4.69, 9.17) is 4.74 Å². The van der Waals surface area contributed by atoms with Gasteiger partial charge in [0, 0.05) is 25.0 Å². The number of ether oxygens (including phenoxy) is 1. The van der Waals surface area contributed by atoms with Gasteiger partial charge < -0.3 is 4.74 Å². The molecule has 0 atom stereocenters. The Morgan fingerprint density at radius 3 is 2.92 bits per heavy atom. The van der Waals surface area contributed by atoms with Crippen LogP contribution in [0.3, 0.4) is 0 Å². The Labute approximate surface area is 140 Å². The molecule has 1 aliphatic rings. The summed E-state index contributed by atoms with van der Waals surface area (Å²) in [5.74, 6) is 0.680. The number of hydrogen-bond donors (Lipinski definition) is 1. The number of aryl methyl sites for hydroxylation is 1. The number of hydrogen-bond acceptors (Lipinski definition) is 4. The van der Waals surface area contributed by atoms with Crippen LogP contribution in [0.4, 0.5) is 0 Å². The number of H-pyrrole nitrogens is 1. The van der Waals surface area contributed by atoms with Crippen molar-refractivity contribution in [1.82, 2.24) is 25.0 Å². The van der Waals surface area contributed by atoms with E-state index in [0.29, 0.717) is 5.88 Å². The van der Waals surface area contributed by atoms with Gasteiger partial charge in [-0.15, -0.1) is 0 Å². The minimum atomic E-state index is 0.266. The molecule has 3 heterocycles. The molecule has 0 aromatic carbocycles. The molecular formula is C18H21N5O. The fourth-order valence-electron chi connectivity index (χ4n) is 3.21. The Hall–Kier alpha value is -2.63. The number of aromatic nitrogens is 5. The molecule has 6 nitrogen and oxygen atoms in total. The summed E-state index contributed by atoms with van der Waals surface area (Å²) in [5.41, 5.74) is 2.82. The Kier molecular flexibility index (Phi) is 4.02. The molecule has 1 saturated carbocycles. The molecule has 4 rings (SSSR count). The van der Waals surface area contributed by atoms with Gasteiger partial charge in [0.2, 0.25) is 5.88 Å². The molecule has 0 spiro atoms. The predicted molar refractivity (Wildman–Crippen MR) is 93.5 cm³/mol. The summed E-state index contributed by atoms with van der Waals surface area (Å²) >= 11 is 0. The molecular weight excluding hydrogens is 302 g/mol. The van der Waals surface area contributed by atoms with Crippen LogP contribution in [0.5, 0.6) is 5.88 Å². The van der Waals surface area contributed by atoms with Gasteiger partial charge in [-0.1, -0.05) is 6.42 Å². The summed E-state index contributed by atoms with van der Waals surface area (Å²) in [6.07, 6.45) is 15.8. The zero-order valence-electron chi connectivity index (χ0n) is 13.8. The van der Waals surface area contributed by atoms with Gasteiger partial charge in [-0.05, 0) is 43.9 Å². The van der Waals surface area contributed by atoms with Gasteiger partial charge in [0.25, 0.3) is 0 Å². The van der Waals surface area contributed by atoms with Crippen molar-refractivity contribution in [3.05, 3.63) is 35.9 Å². The molecule has 6 heteroatoms. The first-order valence-corrected chi connectivity index (χ1v) is 8.46. The SMILES string of the molecule is Cn1cc(/C=C/c2n[nH]c3ccnc(OC4CCCCC4)c23)cn1. The van der Waals surface area contributed by atoms with Crippen LogP contribution in [0.15, 0.2) is 24.7 Å². The number of nitrogens with one attached hydrogen (secondary N) is 1. The van der Waals surface area contributed by atoms with E-state index in [9.17, 15) is 0 Å². The van der Waals surface area contributed by atoms with Crippen LogP contribution in [0, 0.1) is 0 Å². The van der Waals surface area contributed by atoms with Gasteiger partial charge in [-0.2, -0.15) is 10.2 Å². The van der Waals surface area contributed by atoms with E-state index in [1.807, 2.05) is 37.7 Å². The zero-order valence-corrected chi connectivity index (χ0v) is 13.8. The fourth-order valence-corrected chi connectivity index (χ4v) is 3.21. The van der Waals surface area contributed by atoms with Crippen LogP contribution < -0.4 is 4.74 Å². The van der Waals surface area contributed by atoms with Gasteiger partial charge in [-0.3, -0.25) is 9.78 Å². The fraction of sp³-hybridized carbons (Fsp3) is 0.389. The average Bonchev–Trinajstić information content (AvgIpc) is 3.21. The highest BCUT2D eigenvalue weighted by molar-refractivity contribution is 5.92. The number of aromatic amines is 1. The summed E-state index contributed by atoms with van der Waals surface area (Å²) < 4.78 is 7.98. The van der Waals surface area contributed by atoms with E-state index >= 15 is 0 Å². The van der Waals surface area contributed by atoms with Gasteiger partial charge in [0.1, 0.15) is 6.10 Å². The normalized spacial score (nSPS) is 16.2. The van der Waals surface area contributed by atoms with Crippen molar-refractivity contribution in [3.8, 4) is 5.88 Å². The van der Waals surface area contributed by atoms with E-state index in [0.717, 1.165) is 35.0 Å². The van der Waals surface area contributed by atoms with E-state index in [-0.39, 0.29) is 6.10 Å². The third kappa shape index (κ3) is 3.04. The number of rotatable bonds is 4. The van der Waals surface area contributed by atoms with Crippen molar-refractivity contribution < 1.29 is 4.74 Å². The largest absolute Gasteiger partial charge is 0.474 e. The van der Waals surface area contributed by atoms with Gasteiger partial charge in [-0.25, -0.2) is 4.98 Å². The molecule has 1 N–H and O–H groups in total. The van der Waals surface area contributed by atoms with E-state index in [1.165, 1.54) is 19.3 Å². The van der Waals surface area contributed by atoms with Crippen molar-refractivity contribution in [2.24, 2.45) is 7.05 Å². The lowest BCUT2D eigenvalue weighted by Gasteiger charge is -2.22. The van der Waals surface area contributed by atoms with Crippen molar-refractivity contribution >= 4 is 23.1 Å². The molecule has 0 radical (unpaired) electrons. The average molecular weight is 323 g/mol. The van der Waals surface area contributed by atoms with E-state index in [1.54, 1.807) is 10.9 Å². The van der Waals surface area contributed by atoms with Crippen LogP contribution >= 0.6 is 0 Å². The maximum Gasteiger partial charge on any atom is 0.225 e. The molecule has 0 bridgehead atoms. The Bertz CT molecular complexity index is 857. The van der Waals surface area contributed by atoms with Crippen LogP contribution in [-0.2, 0) is 7.05 Å². The van der Waals surface area contributed by atoms with E-state index < -0.39 is 0 Å². The Morgan fingerprint density at radius 1 is 1.25 bits per heavy atom. The first-order valence-electron chi connectivity index (χ1n) is 8.46. The molecule has 0 aliphatic heterocycles. The predicted octanol–water partition coefficient (Wildman–Crippen LogP) is 3.57. The van der Waals surface area contributed by atoms with Gasteiger partial charge in [0.15, 0.2) is 0 Å². The highest BCUT2D eigenvalue weighted by atomic mass is 16.5. The second-order valence-corrected chi connectivity index (χ2v) is 6.31. The lowest BCUT2D eigenvalue weighted by molar-refractivity contribution is 0.151. The maximum atomic E-state index is 6.20. The second kappa shape index (κ2) is 6.47. The Morgan fingerprint density at radius 2 is 2.12 bits per heavy atom. The molecule has 1 aliphatic carbocycles. The van der Waals surface area contributed by atoms with Gasteiger partial charge in [0.05, 0.1) is 22.8 Å². The number of nitrogens with zero attached hydrogens (tertiary/aromatic N) is 4. The third-order valence-electron chi connectivity index (χ3n) is 4.46. The van der Waals surface area contributed by atoms with Crippen molar-refractivity contribution in [2.75, 3.05) is 0 Å². The lowest BCUT2D eigenvalue weighted by atomic mass is 9.98. The highest BCUT2D eigenvalue weighted by Crippen LogP contribution is 2.29. The van der Waals surface area contributed by atoms with Crippen LogP contribution in [-0.4, -0.2) is 31.1 Å². The summed E-state index contributed by atoms with van der Waals surface area (Å²) in [4.78, 5) is 4.46. The summed E-state index contributed by atoms with van der Waals surface area (Å²) in [5, 5.41) is 12.6. The molecule has 24 heavy (non-hydrogen) atoms. The van der Waals surface area contributed by atoms with Crippen molar-refractivity contribution in [1.29, 1.82) is 0 Å². The molecule has 3 aromatic rings. The molecule has 0 saturated heterocycles. The minimum absolute atomic E-state index is 0.266. The molecule has 0 unspecified atom stereocenters. The zero-order chi connectivity index (χ0) is 16.4. The summed E-state index contributed by atoms with van der Waals surface area (Å²) in [6.45, 7) is 0. The maximum absolute atomic E-state index is 6.20. The number of pyridine rings is 1. The van der Waals surface area contributed by atoms with Crippen LogP contribution in [0.25, 0.3) is 23.1 Å². The minimum Gasteiger partial charge on any atom is -0.474 e. The standard InChI is InChI=1S/C18H21N5O/c1-23-12-13(11-20-23)7-8-15-17-16(22-21-15)9-10-19-18(17)24-14-5-3-2-4-6-14/h7-12,14H,2-6H2,1H3,(H,21,22)/b8-7+. The van der Waals surface area contributed by atoms with Crippen molar-refractivity contribution in [2.45, 2.75) is 38.2 Å². The highest BCUT2D eigenvalue weighted by Gasteiger charge is 2.18.